The Hall–Kier alpha value is -2.08. The van der Waals surface area contributed by atoms with Crippen molar-refractivity contribution < 1.29 is 17.6 Å². The monoisotopic (exact) mass is 366 g/mol. The molecular formula is C20H22F4N2. The first-order chi connectivity index (χ1) is 12.3. The Kier molecular flexibility index (Phi) is 5.51. The Labute approximate surface area is 151 Å². The summed E-state index contributed by atoms with van der Waals surface area (Å²) in [6.45, 7) is 5.09. The Morgan fingerprint density at radius 1 is 0.962 bits per heavy atom. The fourth-order valence-electron chi connectivity index (χ4n) is 3.39. The van der Waals surface area contributed by atoms with Gasteiger partial charge >= 0.3 is 6.18 Å². The topological polar surface area (TPSA) is 6.48 Å². The molecule has 1 unspecified atom stereocenters. The second-order valence-corrected chi connectivity index (χ2v) is 6.75. The van der Waals surface area contributed by atoms with Gasteiger partial charge < -0.3 is 4.90 Å². The number of halogens is 4. The minimum Gasteiger partial charge on any atom is -0.369 e. The molecule has 1 saturated heterocycles. The first-order valence-electron chi connectivity index (χ1n) is 8.73. The molecule has 3 rings (SSSR count). The highest BCUT2D eigenvalue weighted by molar-refractivity contribution is 5.49. The standard InChI is InChI=1S/C20H22F4N2/c1-15(13-16-5-7-18(21)8-6-16)25-9-11-26(12-10-25)19-4-2-3-17(14-19)20(22,23)24/h2-8,14-15H,9-13H2,1H3. The van der Waals surface area contributed by atoms with Gasteiger partial charge in [-0.2, -0.15) is 13.2 Å². The lowest BCUT2D eigenvalue weighted by molar-refractivity contribution is -0.137. The van der Waals surface area contributed by atoms with Gasteiger partial charge in [0, 0.05) is 37.9 Å². The zero-order valence-electron chi connectivity index (χ0n) is 14.6. The predicted molar refractivity (Wildman–Crippen MR) is 94.8 cm³/mol. The van der Waals surface area contributed by atoms with Crippen molar-refractivity contribution in [3.8, 4) is 0 Å². The molecule has 2 aromatic carbocycles. The van der Waals surface area contributed by atoms with Crippen molar-refractivity contribution in [2.24, 2.45) is 0 Å². The zero-order valence-corrected chi connectivity index (χ0v) is 14.6. The summed E-state index contributed by atoms with van der Waals surface area (Å²) in [5.41, 5.74) is 1.09. The Morgan fingerprint density at radius 2 is 1.62 bits per heavy atom. The van der Waals surface area contributed by atoms with Crippen LogP contribution in [0.4, 0.5) is 23.2 Å². The van der Waals surface area contributed by atoms with Gasteiger partial charge in [-0.05, 0) is 49.2 Å². The zero-order chi connectivity index (χ0) is 18.7. The molecule has 0 spiro atoms. The van der Waals surface area contributed by atoms with Gasteiger partial charge in [0.25, 0.3) is 0 Å². The fraction of sp³-hybridized carbons (Fsp3) is 0.400. The van der Waals surface area contributed by atoms with Crippen LogP contribution < -0.4 is 4.90 Å². The lowest BCUT2D eigenvalue weighted by Crippen LogP contribution is -2.50. The molecule has 140 valence electrons. The molecule has 0 radical (unpaired) electrons. The smallest absolute Gasteiger partial charge is 0.369 e. The van der Waals surface area contributed by atoms with E-state index in [9.17, 15) is 17.6 Å². The largest absolute Gasteiger partial charge is 0.416 e. The van der Waals surface area contributed by atoms with Crippen molar-refractivity contribution in [3.05, 3.63) is 65.5 Å². The van der Waals surface area contributed by atoms with Crippen LogP contribution in [0.25, 0.3) is 0 Å². The number of piperazine rings is 1. The van der Waals surface area contributed by atoms with Crippen molar-refractivity contribution in [1.29, 1.82) is 0 Å². The summed E-state index contributed by atoms with van der Waals surface area (Å²) >= 11 is 0. The highest BCUT2D eigenvalue weighted by Gasteiger charge is 2.31. The lowest BCUT2D eigenvalue weighted by Gasteiger charge is -2.39. The number of alkyl halides is 3. The molecule has 2 nitrogen and oxygen atoms in total. The molecule has 1 aliphatic rings. The second-order valence-electron chi connectivity index (χ2n) is 6.75. The van der Waals surface area contributed by atoms with E-state index in [1.807, 2.05) is 4.90 Å². The van der Waals surface area contributed by atoms with E-state index in [1.54, 1.807) is 18.2 Å². The summed E-state index contributed by atoms with van der Waals surface area (Å²) in [4.78, 5) is 4.32. The Bertz CT molecular complexity index is 719. The Balaban J connectivity index is 1.58. The third kappa shape index (κ3) is 4.55. The molecule has 0 aromatic heterocycles. The van der Waals surface area contributed by atoms with Crippen molar-refractivity contribution >= 4 is 5.69 Å². The van der Waals surface area contributed by atoms with Crippen molar-refractivity contribution in [1.82, 2.24) is 4.90 Å². The quantitative estimate of drug-likeness (QED) is 0.730. The van der Waals surface area contributed by atoms with Gasteiger partial charge in [0.15, 0.2) is 0 Å². The normalized spacial score (nSPS) is 17.3. The van der Waals surface area contributed by atoms with E-state index in [1.165, 1.54) is 24.3 Å². The number of hydrogen-bond acceptors (Lipinski definition) is 2. The van der Waals surface area contributed by atoms with Crippen LogP contribution in [0.1, 0.15) is 18.1 Å². The van der Waals surface area contributed by atoms with E-state index in [0.717, 1.165) is 31.1 Å². The maximum atomic E-state index is 13.0. The SMILES string of the molecule is CC(Cc1ccc(F)cc1)N1CCN(c2cccc(C(F)(F)F)c2)CC1. The van der Waals surface area contributed by atoms with Crippen LogP contribution in [0.5, 0.6) is 0 Å². The third-order valence-corrected chi connectivity index (χ3v) is 4.92. The van der Waals surface area contributed by atoms with E-state index in [0.29, 0.717) is 24.8 Å². The van der Waals surface area contributed by atoms with Crippen LogP contribution in [-0.4, -0.2) is 37.1 Å². The molecule has 6 heteroatoms. The van der Waals surface area contributed by atoms with E-state index in [2.05, 4.69) is 11.8 Å². The molecule has 0 aliphatic carbocycles. The van der Waals surface area contributed by atoms with Gasteiger partial charge in [-0.1, -0.05) is 18.2 Å². The molecule has 26 heavy (non-hydrogen) atoms. The predicted octanol–water partition coefficient (Wildman–Crippen LogP) is 4.60. The highest BCUT2D eigenvalue weighted by atomic mass is 19.4. The molecule has 1 aliphatic heterocycles. The molecule has 1 heterocycles. The minimum absolute atomic E-state index is 0.240. The number of benzene rings is 2. The summed E-state index contributed by atoms with van der Waals surface area (Å²) < 4.78 is 51.7. The average molecular weight is 366 g/mol. The van der Waals surface area contributed by atoms with E-state index in [-0.39, 0.29) is 5.82 Å². The lowest BCUT2D eigenvalue weighted by atomic mass is 10.0. The van der Waals surface area contributed by atoms with Crippen LogP contribution >= 0.6 is 0 Å². The molecule has 0 N–H and O–H groups in total. The summed E-state index contributed by atoms with van der Waals surface area (Å²) in [7, 11) is 0. The number of anilines is 1. The van der Waals surface area contributed by atoms with Crippen LogP contribution in [0.3, 0.4) is 0 Å². The van der Waals surface area contributed by atoms with E-state index >= 15 is 0 Å². The summed E-state index contributed by atoms with van der Waals surface area (Å²) in [6.07, 6.45) is -3.49. The van der Waals surface area contributed by atoms with E-state index in [4.69, 9.17) is 0 Å². The molecule has 0 bridgehead atoms. The van der Waals surface area contributed by atoms with Crippen LogP contribution in [0.15, 0.2) is 48.5 Å². The van der Waals surface area contributed by atoms with Crippen LogP contribution in [-0.2, 0) is 12.6 Å². The summed E-state index contributed by atoms with van der Waals surface area (Å²) in [5.74, 6) is -0.240. The van der Waals surface area contributed by atoms with Gasteiger partial charge in [-0.25, -0.2) is 4.39 Å². The third-order valence-electron chi connectivity index (χ3n) is 4.92. The molecule has 1 fully saturated rings. The number of hydrogen-bond donors (Lipinski definition) is 0. The van der Waals surface area contributed by atoms with E-state index < -0.39 is 11.7 Å². The number of rotatable bonds is 4. The van der Waals surface area contributed by atoms with Gasteiger partial charge in [-0.15, -0.1) is 0 Å². The maximum absolute atomic E-state index is 13.0. The van der Waals surface area contributed by atoms with Gasteiger partial charge in [0.1, 0.15) is 5.82 Å². The van der Waals surface area contributed by atoms with Gasteiger partial charge in [0.2, 0.25) is 0 Å². The molecule has 1 atom stereocenters. The highest BCUT2D eigenvalue weighted by Crippen LogP contribution is 2.32. The van der Waals surface area contributed by atoms with Gasteiger partial charge in [-0.3, -0.25) is 4.90 Å². The molecular weight excluding hydrogens is 344 g/mol. The van der Waals surface area contributed by atoms with Crippen molar-refractivity contribution in [2.75, 3.05) is 31.1 Å². The molecule has 0 amide bonds. The fourth-order valence-corrected chi connectivity index (χ4v) is 3.39. The van der Waals surface area contributed by atoms with Crippen LogP contribution in [0, 0.1) is 5.82 Å². The first kappa shape index (κ1) is 18.7. The van der Waals surface area contributed by atoms with Gasteiger partial charge in [0.05, 0.1) is 5.56 Å². The minimum atomic E-state index is -4.32. The second kappa shape index (κ2) is 7.66. The molecule has 0 saturated carbocycles. The average Bonchev–Trinajstić information content (AvgIpc) is 2.63. The number of nitrogens with zero attached hydrogens (tertiary/aromatic N) is 2. The molecule has 2 aromatic rings. The summed E-state index contributed by atoms with van der Waals surface area (Å²) in [6, 6.07) is 12.3. The summed E-state index contributed by atoms with van der Waals surface area (Å²) in [5, 5.41) is 0. The van der Waals surface area contributed by atoms with Crippen molar-refractivity contribution in [2.45, 2.75) is 25.6 Å². The van der Waals surface area contributed by atoms with Crippen molar-refractivity contribution in [3.63, 3.8) is 0 Å². The van der Waals surface area contributed by atoms with Crippen LogP contribution in [0.2, 0.25) is 0 Å². The first-order valence-corrected chi connectivity index (χ1v) is 8.73. The Morgan fingerprint density at radius 3 is 2.23 bits per heavy atom. The maximum Gasteiger partial charge on any atom is 0.416 e.